The Balaban J connectivity index is -0.000000143. The minimum absolute atomic E-state index is 0. The van der Waals surface area contributed by atoms with Crippen LogP contribution in [0.1, 0.15) is 424 Å². The molecule has 0 aromatic rings. The molecule has 16 nitrogen and oxygen atoms in total. The Kier molecular flexibility index (Phi) is 106. The Morgan fingerprint density at radius 3 is 1.09 bits per heavy atom. The fraction of sp³-hybridized carbons (Fsp3) is 0.938. The molecule has 8 aliphatic heterocycles. The molecule has 0 aromatic carbocycles. The first-order chi connectivity index (χ1) is 56.0. The first-order valence-corrected chi connectivity index (χ1v) is 51.9. The fourth-order valence-electron chi connectivity index (χ4n) is 20.5. The Hall–Kier alpha value is -1.99. The predicted octanol–water partition coefficient (Wildman–Crippen LogP) is 21.2. The highest BCUT2D eigenvalue weighted by molar-refractivity contribution is 9.09. The number of nitrogens with two attached hydrogens (primary N) is 1. The quantitative estimate of drug-likeness (QED) is 0.0843. The van der Waals surface area contributed by atoms with E-state index in [1.165, 1.54) is 218 Å². The summed E-state index contributed by atoms with van der Waals surface area (Å²) in [6, 6.07) is 6.69. The van der Waals surface area contributed by atoms with Crippen molar-refractivity contribution in [2.75, 3.05) is 49.9 Å². The topological polar surface area (TPSA) is 193 Å². The van der Waals surface area contributed by atoms with Crippen LogP contribution in [-0.4, -0.2) is 234 Å². The largest absolute Gasteiger partial charge is 0.357 e. The Labute approximate surface area is 775 Å². The molecule has 120 heavy (non-hydrogen) atoms. The van der Waals surface area contributed by atoms with E-state index >= 15 is 0 Å². The van der Waals surface area contributed by atoms with Gasteiger partial charge in [-0.25, -0.2) is 0 Å². The third kappa shape index (κ3) is 47.4. The van der Waals surface area contributed by atoms with E-state index in [0.29, 0.717) is 102 Å². The van der Waals surface area contributed by atoms with Crippen LogP contribution in [0.15, 0.2) is 0 Å². The van der Waals surface area contributed by atoms with Gasteiger partial charge in [0.25, 0.3) is 0 Å². The van der Waals surface area contributed by atoms with Crippen LogP contribution in [0.5, 0.6) is 0 Å². The van der Waals surface area contributed by atoms with Crippen LogP contribution in [0, 0.1) is 35.5 Å². The highest BCUT2D eigenvalue weighted by Gasteiger charge is 2.49. The van der Waals surface area contributed by atoms with E-state index in [1.54, 1.807) is 4.90 Å². The van der Waals surface area contributed by atoms with Gasteiger partial charge in [-0.15, -0.1) is 0 Å². The fourth-order valence-corrected chi connectivity index (χ4v) is 21.1. The summed E-state index contributed by atoms with van der Waals surface area (Å²) in [6.07, 6.45) is 51.7. The van der Waals surface area contributed by atoms with Gasteiger partial charge < -0.3 is 51.5 Å². The van der Waals surface area contributed by atoms with Crippen molar-refractivity contribution >= 4 is 119 Å². The van der Waals surface area contributed by atoms with Gasteiger partial charge >= 0.3 is 0 Å². The Bertz CT molecular complexity index is 2200. The van der Waals surface area contributed by atoms with Crippen LogP contribution in [0.4, 0.5) is 0 Å². The molecule has 0 bridgehead atoms. The lowest BCUT2D eigenvalue weighted by molar-refractivity contribution is -0.144. The summed E-state index contributed by atoms with van der Waals surface area (Å²) >= 11 is 6.60. The Morgan fingerprint density at radius 1 is 0.400 bits per heavy atom. The lowest BCUT2D eigenvalue weighted by Gasteiger charge is -2.38. The zero-order chi connectivity index (χ0) is 87.4. The number of fused-ring (bicyclic) bond motifs is 10. The molecule has 6 saturated carbocycles. The average Bonchev–Trinajstić information content (AvgIpc) is 1.64. The second kappa shape index (κ2) is 91.7. The molecule has 18 radical (unpaired) electrons. The highest BCUT2D eigenvalue weighted by Crippen LogP contribution is 2.44. The molecule has 24 heteroatoms. The molecule has 6 aliphatic carbocycles. The first kappa shape index (κ1) is 138. The summed E-state index contributed by atoms with van der Waals surface area (Å²) < 4.78 is 0. The highest BCUT2D eigenvalue weighted by atomic mass is 79.9. The summed E-state index contributed by atoms with van der Waals surface area (Å²) in [6.45, 7) is 56.6. The minimum atomic E-state index is 0. The molecule has 6 amide bonds. The van der Waals surface area contributed by atoms with Gasteiger partial charge in [-0.05, 0) is 164 Å². The number of halogens is 2. The summed E-state index contributed by atoms with van der Waals surface area (Å²) in [5.41, 5.74) is 5.66. The Morgan fingerprint density at radius 2 is 0.725 bits per heavy atom. The van der Waals surface area contributed by atoms with Gasteiger partial charge in [0.1, 0.15) is 0 Å². The summed E-state index contributed by atoms with van der Waals surface area (Å²) in [4.78, 5) is 79.7. The number of nitrogens with one attached hydrogen (secondary N) is 4. The zero-order valence-electron chi connectivity index (χ0n) is 83.6. The molecule has 6 N–H and O–H groups in total. The number of piperazine rings is 2. The lowest BCUT2D eigenvalue weighted by Crippen LogP contribution is -2.55. The zero-order valence-corrected chi connectivity index (χ0v) is 86.7. The maximum Gasteiger partial charge on any atom is 0.242 e. The molecule has 8 saturated heterocycles. The normalized spacial score (nSPS) is 28.8. The van der Waals surface area contributed by atoms with Gasteiger partial charge in [0, 0.05) is 149 Å². The van der Waals surface area contributed by atoms with E-state index in [1.807, 2.05) is 171 Å². The number of rotatable bonds is 9. The second-order valence-corrected chi connectivity index (χ2v) is 31.5. The maximum atomic E-state index is 12.1. The van der Waals surface area contributed by atoms with Crippen molar-refractivity contribution in [2.45, 2.75) is 497 Å². The number of amides is 6. The van der Waals surface area contributed by atoms with Crippen LogP contribution in [0.3, 0.4) is 0 Å². The van der Waals surface area contributed by atoms with E-state index in [9.17, 15) is 28.8 Å². The van der Waals surface area contributed by atoms with Crippen molar-refractivity contribution in [3.63, 3.8) is 0 Å². The lowest BCUT2D eigenvalue weighted by atomic mass is 9.94. The summed E-state index contributed by atoms with van der Waals surface area (Å²) in [7, 11) is 0. The van der Waals surface area contributed by atoms with Crippen molar-refractivity contribution in [1.29, 1.82) is 0 Å². The smallest absolute Gasteiger partial charge is 0.242 e. The predicted molar refractivity (Wildman–Crippen MR) is 539 cm³/mol. The van der Waals surface area contributed by atoms with Crippen molar-refractivity contribution in [1.82, 2.24) is 45.8 Å². The van der Waals surface area contributed by atoms with E-state index < -0.39 is 0 Å². The average molecular weight is 1810 g/mol. The second-order valence-electron chi connectivity index (χ2n) is 30.3. The van der Waals surface area contributed by atoms with Gasteiger partial charge in [-0.3, -0.25) is 28.8 Å². The number of nitrogens with zero attached hydrogens (tertiary/aromatic N) is 5. The minimum Gasteiger partial charge on any atom is -0.357 e. The van der Waals surface area contributed by atoms with Crippen molar-refractivity contribution in [3.8, 4) is 0 Å². The molecule has 0 unspecified atom stereocenters. The van der Waals surface area contributed by atoms with Crippen LogP contribution >= 0.6 is 31.9 Å². The van der Waals surface area contributed by atoms with Gasteiger partial charge in [-0.2, -0.15) is 0 Å². The number of carbonyl (C=O) groups excluding carboxylic acids is 6. The molecule has 18 atom stereocenters. The van der Waals surface area contributed by atoms with Crippen molar-refractivity contribution < 1.29 is 28.8 Å². The summed E-state index contributed by atoms with van der Waals surface area (Å²) in [5.74, 6) is 5.88. The van der Waals surface area contributed by atoms with E-state index in [0.717, 1.165) is 99.9 Å². The van der Waals surface area contributed by atoms with Gasteiger partial charge in [0.2, 0.25) is 36.4 Å². The number of carbonyl (C=O) groups is 6. The molecule has 0 spiro atoms. The van der Waals surface area contributed by atoms with E-state index in [4.69, 9.17) is 5.73 Å². The number of hydrogen-bond donors (Lipinski definition) is 5. The molecular formula is C96H196B6Br2N10O6. The molecular weight excluding hydrogens is 1610 g/mol. The molecule has 0 aromatic heterocycles. The van der Waals surface area contributed by atoms with Gasteiger partial charge in [0.15, 0.2) is 0 Å². The van der Waals surface area contributed by atoms with Crippen LogP contribution < -0.4 is 27.0 Å². The molecule has 14 aliphatic rings. The molecule has 14 fully saturated rings. The van der Waals surface area contributed by atoms with Crippen LogP contribution in [0.2, 0.25) is 0 Å². The molecule has 14 rings (SSSR count). The van der Waals surface area contributed by atoms with E-state index in [2.05, 4.69) is 81.7 Å². The van der Waals surface area contributed by atoms with Crippen LogP contribution in [0.25, 0.3) is 0 Å². The third-order valence-electron chi connectivity index (χ3n) is 24.8. The van der Waals surface area contributed by atoms with Gasteiger partial charge in [0.05, 0.1) is 23.7 Å². The van der Waals surface area contributed by atoms with Crippen molar-refractivity contribution in [2.24, 2.45) is 41.2 Å². The molecule has 698 valence electrons. The first-order valence-electron chi connectivity index (χ1n) is 49.7. The molecule has 8 heterocycles. The van der Waals surface area contributed by atoms with Gasteiger partial charge in [-0.1, -0.05) is 327 Å². The SMILES string of the molecule is CC.CC.CC.CC.CC.CC.CC.CC.CC.CC.CC.CC.CC[C@H]1C[C@@H]2CCCCC[C@H]2N1.CC[C@H]1C[C@@H]2CCCCC[C@H]2N1C(=O)CBr.NC[C@H]1C[C@@H]2CCCCC[C@H]2N1.O=C1CNC[C@H]2C[C@@H]3CCCCC[C@H]3N12.O=CN1CC(=O)N2[C@H](C[C@@H]3CCCCC[C@H]32)C1.O=CNC[C@H]1C[C@@H]2CCCCC[C@H]2N1C(=O)CBr.[B].[B].[B].[B].[B].[B]. The van der Waals surface area contributed by atoms with Crippen molar-refractivity contribution in [3.05, 3.63) is 0 Å². The number of likely N-dealkylation sites (tertiary alicyclic amines) is 2. The monoisotopic (exact) mass is 1810 g/mol. The number of alkyl halides is 2. The maximum absolute atomic E-state index is 12.1. The summed E-state index contributed by atoms with van der Waals surface area (Å²) in [5, 5.41) is 14.3. The third-order valence-corrected chi connectivity index (χ3v) is 25.8. The van der Waals surface area contributed by atoms with Crippen LogP contribution in [-0.2, 0) is 28.8 Å². The standard InChI is InChI=1S/C13H21BrN2O2.C13H22BrNO.C13H20N2O2.C12H20N2O.C11H21N.C10H20N2.12C2H6.6B/c14-7-13(18)16-11(8-15-9-17)6-10-4-2-1-3-5-12(10)16;1-2-11-8-10-6-4-3-5-7-12(10)15(11)13(16)9-14;16-9-14-7-11-6-10-4-2-1-3-5-12(10)15(11)13(17)8-14;15-12-8-13-7-10-6-9-4-2-1-3-5-11(9)14(10)12;1-2-10-8-9-6-4-3-5-7-11(9)12-10;11-7-9-6-8-4-2-1-3-5-10(8)12-9;12*1-2;;;;;;/h9-12H,1-8H2,(H,15,17);10-12H,2-9H2,1H3;9-12H,1-8H2;9-11,13H,1-8H2;9-12H,2-8H2,1H3;8-10,12H,1-7,11H2;12*1-2H3;;;;;;/t10-,11+,12+;10-,11-,12+;10-,11+,12+;9-,10+,11+;9-,10-,11+;8-,9+,10+;;;;;;;;;;;;;;;;;;/m000000................../s1. The number of hydrogen-bond acceptors (Lipinski definition) is 10. The van der Waals surface area contributed by atoms with E-state index in [-0.39, 0.29) is 68.3 Å².